The van der Waals surface area contributed by atoms with Gasteiger partial charge in [0.25, 0.3) is 0 Å². The molecule has 0 saturated carbocycles. The monoisotopic (exact) mass is 240 g/mol. The molecular weight excluding hydrogens is 224 g/mol. The summed E-state index contributed by atoms with van der Waals surface area (Å²) < 4.78 is 7.86. The van der Waals surface area contributed by atoms with Crippen LogP contribution in [0.2, 0.25) is 0 Å². The van der Waals surface area contributed by atoms with E-state index in [-0.39, 0.29) is 0 Å². The van der Waals surface area contributed by atoms with Gasteiger partial charge in [-0.25, -0.2) is 0 Å². The van der Waals surface area contributed by atoms with E-state index in [0.717, 1.165) is 24.3 Å². The van der Waals surface area contributed by atoms with Crippen molar-refractivity contribution in [3.05, 3.63) is 36.7 Å². The highest BCUT2D eigenvalue weighted by atomic mass is 16.5. The number of hydrogen-bond acceptors (Lipinski definition) is 2. The summed E-state index contributed by atoms with van der Waals surface area (Å²) in [5, 5.41) is 2.45. The molecule has 0 aliphatic rings. The Balaban J connectivity index is 2.23. The molecule has 92 valence electrons. The zero-order chi connectivity index (χ0) is 12.5. The Bertz CT molecular complexity index is 700. The normalized spacial score (nSPS) is 11.2. The molecule has 18 heavy (non-hydrogen) atoms. The molecule has 0 saturated heterocycles. The third-order valence-electron chi connectivity index (χ3n) is 3.25. The van der Waals surface area contributed by atoms with Crippen molar-refractivity contribution in [2.45, 2.75) is 13.3 Å². The van der Waals surface area contributed by atoms with Gasteiger partial charge in [-0.15, -0.1) is 0 Å². The van der Waals surface area contributed by atoms with Gasteiger partial charge in [-0.1, -0.05) is 6.92 Å². The molecule has 0 radical (unpaired) electrons. The minimum atomic E-state index is 0.762. The van der Waals surface area contributed by atoms with Crippen LogP contribution in [-0.4, -0.2) is 16.2 Å². The summed E-state index contributed by atoms with van der Waals surface area (Å²) in [6.07, 6.45) is 4.76. The van der Waals surface area contributed by atoms with Crippen molar-refractivity contribution < 1.29 is 4.74 Å². The summed E-state index contributed by atoms with van der Waals surface area (Å²) in [5.74, 6) is 0.939. The van der Waals surface area contributed by atoms with Crippen molar-refractivity contribution in [2.24, 2.45) is 7.05 Å². The average molecular weight is 240 g/mol. The third-order valence-corrected chi connectivity index (χ3v) is 3.25. The van der Waals surface area contributed by atoms with Gasteiger partial charge in [0.15, 0.2) is 0 Å². The smallest absolute Gasteiger partial charge is 0.120 e. The fourth-order valence-electron chi connectivity index (χ4n) is 2.34. The molecule has 0 atom stereocenters. The van der Waals surface area contributed by atoms with Crippen LogP contribution >= 0.6 is 0 Å². The second-order valence-electron chi connectivity index (χ2n) is 4.48. The van der Waals surface area contributed by atoms with Gasteiger partial charge < -0.3 is 9.30 Å². The number of aromatic nitrogens is 2. The molecule has 3 aromatic rings. The minimum Gasteiger partial charge on any atom is -0.494 e. The number of nitrogens with zero attached hydrogens (tertiary/aromatic N) is 2. The lowest BCUT2D eigenvalue weighted by atomic mass is 10.2. The summed E-state index contributed by atoms with van der Waals surface area (Å²) in [7, 11) is 2.07. The molecule has 0 aliphatic heterocycles. The molecule has 3 heteroatoms. The molecule has 3 rings (SSSR count). The Hall–Kier alpha value is -2.03. The fraction of sp³-hybridized carbons (Fsp3) is 0.267. The third kappa shape index (κ3) is 1.63. The standard InChI is InChI=1S/C15H16N2O/c1-3-8-18-11-4-5-14-13(9-11)12-6-7-16-10-15(12)17(14)2/h4-7,9-10H,3,8H2,1-2H3. The van der Waals surface area contributed by atoms with Crippen LogP contribution in [0.25, 0.3) is 21.8 Å². The zero-order valence-corrected chi connectivity index (χ0v) is 10.7. The number of ether oxygens (including phenoxy) is 1. The molecule has 2 aromatic heterocycles. The van der Waals surface area contributed by atoms with E-state index in [4.69, 9.17) is 4.74 Å². The number of aryl methyl sites for hydroxylation is 1. The van der Waals surface area contributed by atoms with Crippen LogP contribution in [0.3, 0.4) is 0 Å². The first-order chi connectivity index (χ1) is 8.81. The Morgan fingerprint density at radius 1 is 1.17 bits per heavy atom. The van der Waals surface area contributed by atoms with E-state index in [9.17, 15) is 0 Å². The first-order valence-corrected chi connectivity index (χ1v) is 6.26. The van der Waals surface area contributed by atoms with Gasteiger partial charge in [0.05, 0.1) is 18.3 Å². The van der Waals surface area contributed by atoms with Crippen LogP contribution < -0.4 is 4.74 Å². The van der Waals surface area contributed by atoms with E-state index in [1.54, 1.807) is 0 Å². The lowest BCUT2D eigenvalue weighted by Crippen LogP contribution is -1.94. The number of rotatable bonds is 3. The van der Waals surface area contributed by atoms with Crippen molar-refractivity contribution >= 4 is 21.8 Å². The van der Waals surface area contributed by atoms with Gasteiger partial charge in [-0.3, -0.25) is 4.98 Å². The Kier molecular flexibility index (Phi) is 2.67. The number of fused-ring (bicyclic) bond motifs is 3. The van der Waals surface area contributed by atoms with Gasteiger partial charge in [0.1, 0.15) is 5.75 Å². The molecule has 0 unspecified atom stereocenters. The van der Waals surface area contributed by atoms with E-state index in [1.807, 2.05) is 18.5 Å². The van der Waals surface area contributed by atoms with Crippen LogP contribution in [0.5, 0.6) is 5.75 Å². The van der Waals surface area contributed by atoms with E-state index in [2.05, 4.69) is 41.7 Å². The first kappa shape index (κ1) is 11.1. The molecular formula is C15H16N2O. The highest BCUT2D eigenvalue weighted by Gasteiger charge is 2.08. The molecule has 0 aliphatic carbocycles. The van der Waals surface area contributed by atoms with Crippen LogP contribution in [-0.2, 0) is 7.05 Å². The van der Waals surface area contributed by atoms with Gasteiger partial charge in [0.2, 0.25) is 0 Å². The average Bonchev–Trinajstić information content (AvgIpc) is 2.71. The summed E-state index contributed by atoms with van der Waals surface area (Å²) in [6, 6.07) is 8.32. The predicted octanol–water partition coefficient (Wildman–Crippen LogP) is 3.52. The molecule has 3 nitrogen and oxygen atoms in total. The summed E-state index contributed by atoms with van der Waals surface area (Å²) in [4.78, 5) is 4.19. The van der Waals surface area contributed by atoms with Gasteiger partial charge in [0, 0.05) is 29.5 Å². The van der Waals surface area contributed by atoms with Crippen molar-refractivity contribution in [2.75, 3.05) is 6.61 Å². The first-order valence-electron chi connectivity index (χ1n) is 6.26. The van der Waals surface area contributed by atoms with Crippen molar-refractivity contribution in [1.82, 2.24) is 9.55 Å². The summed E-state index contributed by atoms with van der Waals surface area (Å²) in [6.45, 7) is 2.87. The largest absolute Gasteiger partial charge is 0.494 e. The van der Waals surface area contributed by atoms with Crippen LogP contribution in [0.4, 0.5) is 0 Å². The highest BCUT2D eigenvalue weighted by Crippen LogP contribution is 2.30. The fourth-order valence-corrected chi connectivity index (χ4v) is 2.34. The molecule has 1 aromatic carbocycles. The maximum Gasteiger partial charge on any atom is 0.120 e. The summed E-state index contributed by atoms with van der Waals surface area (Å²) >= 11 is 0. The molecule has 0 amide bonds. The Morgan fingerprint density at radius 3 is 2.89 bits per heavy atom. The van der Waals surface area contributed by atoms with Crippen LogP contribution in [0.15, 0.2) is 36.7 Å². The number of hydrogen-bond donors (Lipinski definition) is 0. The topological polar surface area (TPSA) is 27.1 Å². The molecule has 2 heterocycles. The summed E-state index contributed by atoms with van der Waals surface area (Å²) in [5.41, 5.74) is 2.36. The minimum absolute atomic E-state index is 0.762. The molecule has 0 bridgehead atoms. The van der Waals surface area contributed by atoms with Crippen LogP contribution in [0, 0.1) is 0 Å². The lowest BCUT2D eigenvalue weighted by molar-refractivity contribution is 0.318. The van der Waals surface area contributed by atoms with Gasteiger partial charge in [-0.05, 0) is 30.7 Å². The quantitative estimate of drug-likeness (QED) is 0.700. The SMILES string of the molecule is CCCOc1ccc2c(c1)c1ccncc1n2C. The molecule has 0 N–H and O–H groups in total. The molecule has 0 spiro atoms. The Morgan fingerprint density at radius 2 is 2.06 bits per heavy atom. The van der Waals surface area contributed by atoms with E-state index in [0.29, 0.717) is 0 Å². The zero-order valence-electron chi connectivity index (χ0n) is 10.7. The second kappa shape index (κ2) is 4.33. The number of pyridine rings is 1. The highest BCUT2D eigenvalue weighted by molar-refractivity contribution is 6.08. The van der Waals surface area contributed by atoms with Crippen molar-refractivity contribution in [1.29, 1.82) is 0 Å². The van der Waals surface area contributed by atoms with E-state index in [1.165, 1.54) is 16.3 Å². The molecule has 0 fully saturated rings. The van der Waals surface area contributed by atoms with Crippen molar-refractivity contribution in [3.63, 3.8) is 0 Å². The number of benzene rings is 1. The van der Waals surface area contributed by atoms with Gasteiger partial charge >= 0.3 is 0 Å². The lowest BCUT2D eigenvalue weighted by Gasteiger charge is -2.04. The van der Waals surface area contributed by atoms with E-state index >= 15 is 0 Å². The van der Waals surface area contributed by atoms with Gasteiger partial charge in [-0.2, -0.15) is 0 Å². The predicted molar refractivity (Wildman–Crippen MR) is 74.0 cm³/mol. The second-order valence-corrected chi connectivity index (χ2v) is 4.48. The van der Waals surface area contributed by atoms with Crippen LogP contribution in [0.1, 0.15) is 13.3 Å². The van der Waals surface area contributed by atoms with E-state index < -0.39 is 0 Å². The van der Waals surface area contributed by atoms with Crippen molar-refractivity contribution in [3.8, 4) is 5.75 Å². The maximum atomic E-state index is 5.70. The Labute approximate surface area is 106 Å². The maximum absolute atomic E-state index is 5.70.